The summed E-state index contributed by atoms with van der Waals surface area (Å²) in [6, 6.07) is 8.74. The maximum absolute atomic E-state index is 13.1. The van der Waals surface area contributed by atoms with Crippen molar-refractivity contribution in [3.63, 3.8) is 0 Å². The van der Waals surface area contributed by atoms with Crippen LogP contribution in [-0.2, 0) is 16.6 Å². The van der Waals surface area contributed by atoms with E-state index in [0.717, 1.165) is 16.8 Å². The van der Waals surface area contributed by atoms with Crippen molar-refractivity contribution < 1.29 is 14.3 Å². The Morgan fingerprint density at radius 3 is 2.34 bits per heavy atom. The van der Waals surface area contributed by atoms with E-state index in [2.05, 4.69) is 20.7 Å². The van der Waals surface area contributed by atoms with Crippen molar-refractivity contribution in [2.75, 3.05) is 24.4 Å². The van der Waals surface area contributed by atoms with Gasteiger partial charge in [0.25, 0.3) is 5.91 Å². The summed E-state index contributed by atoms with van der Waals surface area (Å²) >= 11 is 0. The number of nitrogens with zero attached hydrogens (tertiary/aromatic N) is 3. The van der Waals surface area contributed by atoms with Crippen LogP contribution in [0.5, 0.6) is 0 Å². The van der Waals surface area contributed by atoms with E-state index < -0.39 is 0 Å². The smallest absolute Gasteiger partial charge is 0.256 e. The summed E-state index contributed by atoms with van der Waals surface area (Å²) in [5.41, 5.74) is 4.07. The molecule has 8 heteroatoms. The molecule has 3 aromatic rings. The van der Waals surface area contributed by atoms with Gasteiger partial charge in [0, 0.05) is 31.2 Å². The van der Waals surface area contributed by atoms with E-state index in [0.29, 0.717) is 22.6 Å². The van der Waals surface area contributed by atoms with Gasteiger partial charge in [-0.3, -0.25) is 14.3 Å². The van der Waals surface area contributed by atoms with Gasteiger partial charge in [0.05, 0.1) is 16.6 Å². The third-order valence-electron chi connectivity index (χ3n) is 4.53. The van der Waals surface area contributed by atoms with Crippen LogP contribution in [0.25, 0.3) is 11.0 Å². The molecule has 0 radical (unpaired) electrons. The fourth-order valence-corrected chi connectivity index (χ4v) is 3.10. The highest BCUT2D eigenvalue weighted by atomic mass is 16.5. The first-order chi connectivity index (χ1) is 13.8. The third-order valence-corrected chi connectivity index (χ3v) is 4.53. The van der Waals surface area contributed by atoms with Gasteiger partial charge in [-0.25, -0.2) is 4.98 Å². The number of amides is 2. The largest absolute Gasteiger partial charge is 0.375 e. The van der Waals surface area contributed by atoms with Crippen molar-refractivity contribution in [1.29, 1.82) is 0 Å². The van der Waals surface area contributed by atoms with E-state index in [1.807, 2.05) is 33.9 Å². The van der Waals surface area contributed by atoms with Crippen LogP contribution >= 0.6 is 0 Å². The number of aromatic nitrogens is 3. The molecule has 0 bridgehead atoms. The lowest BCUT2D eigenvalue weighted by Gasteiger charge is -2.11. The number of hydrogen-bond donors (Lipinski definition) is 2. The fourth-order valence-electron chi connectivity index (χ4n) is 3.10. The molecule has 29 heavy (non-hydrogen) atoms. The highest BCUT2D eigenvalue weighted by Gasteiger charge is 2.19. The minimum Gasteiger partial charge on any atom is -0.375 e. The number of hydrogen-bond acceptors (Lipinski definition) is 5. The SMILES string of the molecule is COCC(=O)Nc1ccc(NC(=O)c2cc(C(C)C)nc3c2c(C)nn3C)cc1. The summed E-state index contributed by atoms with van der Waals surface area (Å²) in [6.07, 6.45) is 0. The average Bonchev–Trinajstić information content (AvgIpc) is 2.96. The Hall–Kier alpha value is -3.26. The number of anilines is 2. The topological polar surface area (TPSA) is 98.1 Å². The number of aryl methyl sites for hydroxylation is 2. The quantitative estimate of drug-likeness (QED) is 0.668. The molecule has 0 atom stereocenters. The van der Waals surface area contributed by atoms with Gasteiger partial charge in [-0.1, -0.05) is 13.8 Å². The summed E-state index contributed by atoms with van der Waals surface area (Å²) in [5, 5.41) is 10.8. The number of rotatable bonds is 6. The highest BCUT2D eigenvalue weighted by Crippen LogP contribution is 2.26. The maximum Gasteiger partial charge on any atom is 0.256 e. The standard InChI is InChI=1S/C21H25N5O3/c1-12(2)17-10-16(19-13(3)25-26(4)20(19)24-17)21(28)23-15-8-6-14(7-9-15)22-18(27)11-29-5/h6-10,12H,11H2,1-5H3,(H,22,27)(H,23,28). The second-order valence-electron chi connectivity index (χ2n) is 7.17. The highest BCUT2D eigenvalue weighted by molar-refractivity contribution is 6.12. The van der Waals surface area contributed by atoms with Crippen LogP contribution in [0, 0.1) is 6.92 Å². The minimum atomic E-state index is -0.239. The predicted octanol–water partition coefficient (Wildman–Crippen LogP) is 3.24. The lowest BCUT2D eigenvalue weighted by atomic mass is 10.0. The molecule has 2 heterocycles. The van der Waals surface area contributed by atoms with Gasteiger partial charge >= 0.3 is 0 Å². The molecule has 0 aliphatic heterocycles. The molecule has 1 aromatic carbocycles. The Morgan fingerprint density at radius 2 is 1.76 bits per heavy atom. The van der Waals surface area contributed by atoms with Crippen molar-refractivity contribution in [2.24, 2.45) is 7.05 Å². The molecule has 0 unspecified atom stereocenters. The van der Waals surface area contributed by atoms with Crippen LogP contribution in [0.15, 0.2) is 30.3 Å². The van der Waals surface area contributed by atoms with Crippen LogP contribution < -0.4 is 10.6 Å². The molecule has 152 valence electrons. The Balaban J connectivity index is 1.87. The summed E-state index contributed by atoms with van der Waals surface area (Å²) in [5.74, 6) is -0.292. The second kappa shape index (κ2) is 8.40. The zero-order valence-corrected chi connectivity index (χ0v) is 17.2. The Bertz CT molecular complexity index is 1050. The first-order valence-corrected chi connectivity index (χ1v) is 9.34. The molecule has 0 saturated heterocycles. The minimum absolute atomic E-state index is 0.0147. The summed E-state index contributed by atoms with van der Waals surface area (Å²) in [6.45, 7) is 5.93. The van der Waals surface area contributed by atoms with E-state index in [9.17, 15) is 9.59 Å². The zero-order valence-electron chi connectivity index (χ0n) is 17.2. The number of fused-ring (bicyclic) bond motifs is 1. The maximum atomic E-state index is 13.1. The van der Waals surface area contributed by atoms with E-state index in [1.54, 1.807) is 28.9 Å². The van der Waals surface area contributed by atoms with Gasteiger partial charge < -0.3 is 15.4 Å². The molecule has 2 amide bonds. The number of carbonyl (C=O) groups excluding carboxylic acids is 2. The third kappa shape index (κ3) is 4.43. The van der Waals surface area contributed by atoms with Crippen LogP contribution in [-0.4, -0.2) is 40.3 Å². The van der Waals surface area contributed by atoms with Gasteiger partial charge in [-0.2, -0.15) is 5.10 Å². The second-order valence-corrected chi connectivity index (χ2v) is 7.17. The molecule has 2 aromatic heterocycles. The molecular formula is C21H25N5O3. The number of ether oxygens (including phenoxy) is 1. The molecule has 3 rings (SSSR count). The first kappa shape index (κ1) is 20.5. The molecule has 8 nitrogen and oxygen atoms in total. The van der Waals surface area contributed by atoms with E-state index in [-0.39, 0.29) is 24.3 Å². The average molecular weight is 395 g/mol. The number of nitrogens with one attached hydrogen (secondary N) is 2. The Morgan fingerprint density at radius 1 is 1.14 bits per heavy atom. The number of benzene rings is 1. The predicted molar refractivity (Wildman–Crippen MR) is 112 cm³/mol. The molecule has 0 spiro atoms. The summed E-state index contributed by atoms with van der Waals surface area (Å²) in [4.78, 5) is 29.3. The van der Waals surface area contributed by atoms with Gasteiger partial charge in [-0.05, 0) is 43.2 Å². The Labute approximate surface area is 169 Å². The van der Waals surface area contributed by atoms with Crippen molar-refractivity contribution >= 4 is 34.2 Å². The number of pyridine rings is 1. The lowest BCUT2D eigenvalue weighted by Crippen LogP contribution is -2.17. The van der Waals surface area contributed by atoms with Crippen LogP contribution in [0.4, 0.5) is 11.4 Å². The van der Waals surface area contributed by atoms with Crippen molar-refractivity contribution in [3.05, 3.63) is 47.3 Å². The monoisotopic (exact) mass is 395 g/mol. The normalized spacial score (nSPS) is 11.1. The van der Waals surface area contributed by atoms with Crippen LogP contribution in [0.1, 0.15) is 41.5 Å². The Kier molecular flexibility index (Phi) is 5.93. The van der Waals surface area contributed by atoms with Crippen molar-refractivity contribution in [3.8, 4) is 0 Å². The molecular weight excluding hydrogens is 370 g/mol. The van der Waals surface area contributed by atoms with E-state index in [4.69, 9.17) is 4.74 Å². The van der Waals surface area contributed by atoms with Crippen LogP contribution in [0.3, 0.4) is 0 Å². The summed E-state index contributed by atoms with van der Waals surface area (Å²) < 4.78 is 6.49. The molecule has 0 saturated carbocycles. The van der Waals surface area contributed by atoms with Crippen molar-refractivity contribution in [2.45, 2.75) is 26.7 Å². The van der Waals surface area contributed by atoms with Gasteiger partial charge in [-0.15, -0.1) is 0 Å². The first-order valence-electron chi connectivity index (χ1n) is 9.34. The zero-order chi connectivity index (χ0) is 21.1. The lowest BCUT2D eigenvalue weighted by molar-refractivity contribution is -0.119. The van der Waals surface area contributed by atoms with E-state index >= 15 is 0 Å². The molecule has 0 aliphatic rings. The van der Waals surface area contributed by atoms with Gasteiger partial charge in [0.2, 0.25) is 5.91 Å². The fraction of sp³-hybridized carbons (Fsp3) is 0.333. The van der Waals surface area contributed by atoms with Gasteiger partial charge in [0.15, 0.2) is 5.65 Å². The van der Waals surface area contributed by atoms with Gasteiger partial charge in [0.1, 0.15) is 6.61 Å². The van der Waals surface area contributed by atoms with E-state index in [1.165, 1.54) is 7.11 Å². The summed E-state index contributed by atoms with van der Waals surface area (Å²) in [7, 11) is 3.29. The molecule has 0 aliphatic carbocycles. The van der Waals surface area contributed by atoms with Crippen molar-refractivity contribution in [1.82, 2.24) is 14.8 Å². The molecule has 2 N–H and O–H groups in total. The number of carbonyl (C=O) groups is 2. The number of methoxy groups -OCH3 is 1. The molecule has 0 fully saturated rings. The van der Waals surface area contributed by atoms with Crippen LogP contribution in [0.2, 0.25) is 0 Å².